The van der Waals surface area contributed by atoms with Crippen molar-refractivity contribution in [2.75, 3.05) is 0 Å². The van der Waals surface area contributed by atoms with Gasteiger partial charge in [0.1, 0.15) is 0 Å². The maximum atomic E-state index is 10.4. The zero-order chi connectivity index (χ0) is 13.0. The summed E-state index contributed by atoms with van der Waals surface area (Å²) < 4.78 is 0. The van der Waals surface area contributed by atoms with Crippen LogP contribution < -0.4 is 0 Å². The topological polar surface area (TPSA) is 37.3 Å². The summed E-state index contributed by atoms with van der Waals surface area (Å²) in [6.45, 7) is 9.97. The molecule has 1 unspecified atom stereocenters. The quantitative estimate of drug-likeness (QED) is 0.773. The second-order valence-corrected chi connectivity index (χ2v) is 3.21. The van der Waals surface area contributed by atoms with Crippen LogP contribution in [0.4, 0.5) is 0 Å². The van der Waals surface area contributed by atoms with E-state index in [2.05, 4.69) is 6.08 Å². The zero-order valence-electron chi connectivity index (χ0n) is 11.3. The van der Waals surface area contributed by atoms with Crippen molar-refractivity contribution in [1.82, 2.24) is 0 Å². The van der Waals surface area contributed by atoms with Crippen LogP contribution in [0.15, 0.2) is 23.8 Å². The van der Waals surface area contributed by atoms with Crippen LogP contribution in [0, 0.1) is 5.92 Å². The van der Waals surface area contributed by atoms with E-state index in [-0.39, 0.29) is 12.3 Å². The lowest BCUT2D eigenvalue weighted by Gasteiger charge is -2.14. The first kappa shape index (κ1) is 17.3. The molecule has 0 spiro atoms. The summed E-state index contributed by atoms with van der Waals surface area (Å²) in [6.07, 6.45) is 8.48. The second-order valence-electron chi connectivity index (χ2n) is 3.21. The molecule has 2 heteroatoms. The van der Waals surface area contributed by atoms with E-state index in [1.165, 1.54) is 5.57 Å². The molecule has 1 rings (SSSR count). The largest absolute Gasteiger partial charge is 0.481 e. The summed E-state index contributed by atoms with van der Waals surface area (Å²) in [4.78, 5) is 10.4. The normalized spacial score (nSPS) is 14.7. The Labute approximate surface area is 100 Å². The van der Waals surface area contributed by atoms with Crippen molar-refractivity contribution in [2.24, 2.45) is 5.92 Å². The minimum absolute atomic E-state index is 0.187. The molecular weight excluding hydrogens is 200 g/mol. The van der Waals surface area contributed by atoms with Crippen LogP contribution in [0.2, 0.25) is 0 Å². The van der Waals surface area contributed by atoms with Gasteiger partial charge in [0.15, 0.2) is 0 Å². The number of hydrogen-bond acceptors (Lipinski definition) is 1. The molecule has 2 nitrogen and oxygen atoms in total. The molecule has 0 radical (unpaired) electrons. The van der Waals surface area contributed by atoms with E-state index in [0.29, 0.717) is 0 Å². The van der Waals surface area contributed by atoms with Crippen LogP contribution in [0.5, 0.6) is 0 Å². The van der Waals surface area contributed by atoms with Gasteiger partial charge in [-0.1, -0.05) is 58.4 Å². The van der Waals surface area contributed by atoms with Crippen molar-refractivity contribution in [3.8, 4) is 0 Å². The van der Waals surface area contributed by atoms with Crippen LogP contribution in [-0.4, -0.2) is 11.1 Å². The number of carbonyl (C=O) groups is 1. The van der Waals surface area contributed by atoms with Crippen molar-refractivity contribution in [1.29, 1.82) is 0 Å². The highest BCUT2D eigenvalue weighted by atomic mass is 16.4. The standard InChI is InChI=1S/C10H14O2.2C2H6/c1-8(7-10(11)12)9-5-3-2-4-6-9;2*1-2/h2-3,5,8H,4,6-7H2,1H3,(H,11,12);2*1-2H3. The molecule has 1 aliphatic carbocycles. The fourth-order valence-corrected chi connectivity index (χ4v) is 1.42. The minimum Gasteiger partial charge on any atom is -0.481 e. The van der Waals surface area contributed by atoms with Gasteiger partial charge in [-0.05, 0) is 18.8 Å². The molecule has 0 aliphatic heterocycles. The molecule has 0 heterocycles. The molecule has 0 bridgehead atoms. The third-order valence-electron chi connectivity index (χ3n) is 2.16. The average Bonchev–Trinajstić information content (AvgIpc) is 2.34. The second kappa shape index (κ2) is 12.0. The Kier molecular flexibility index (Phi) is 13.0. The lowest BCUT2D eigenvalue weighted by molar-refractivity contribution is -0.137. The van der Waals surface area contributed by atoms with Crippen molar-refractivity contribution in [3.05, 3.63) is 23.8 Å². The summed E-state index contributed by atoms with van der Waals surface area (Å²) >= 11 is 0. The lowest BCUT2D eigenvalue weighted by Crippen LogP contribution is -2.07. The van der Waals surface area contributed by atoms with Crippen LogP contribution >= 0.6 is 0 Å². The van der Waals surface area contributed by atoms with E-state index in [4.69, 9.17) is 5.11 Å². The maximum Gasteiger partial charge on any atom is 0.303 e. The third-order valence-corrected chi connectivity index (χ3v) is 2.16. The first-order valence-corrected chi connectivity index (χ1v) is 6.27. The zero-order valence-corrected chi connectivity index (χ0v) is 11.3. The first-order chi connectivity index (χ1) is 7.70. The Bertz CT molecular complexity index is 227. The summed E-state index contributed by atoms with van der Waals surface area (Å²) in [6, 6.07) is 0. The minimum atomic E-state index is -0.710. The van der Waals surface area contributed by atoms with Gasteiger partial charge in [-0.25, -0.2) is 0 Å². The predicted octanol–water partition coefficient (Wildman–Crippen LogP) is 4.43. The van der Waals surface area contributed by atoms with Gasteiger partial charge < -0.3 is 5.11 Å². The fraction of sp³-hybridized carbons (Fsp3) is 0.643. The van der Waals surface area contributed by atoms with Gasteiger partial charge in [0.25, 0.3) is 0 Å². The first-order valence-electron chi connectivity index (χ1n) is 6.27. The number of carboxylic acids is 1. The van der Waals surface area contributed by atoms with E-state index in [0.717, 1.165) is 12.8 Å². The Morgan fingerprint density at radius 1 is 1.38 bits per heavy atom. The number of rotatable bonds is 3. The molecule has 1 N–H and O–H groups in total. The maximum absolute atomic E-state index is 10.4. The van der Waals surface area contributed by atoms with Crippen molar-refractivity contribution >= 4 is 5.97 Å². The summed E-state index contributed by atoms with van der Waals surface area (Å²) in [5.74, 6) is -0.523. The third kappa shape index (κ3) is 8.27. The summed E-state index contributed by atoms with van der Waals surface area (Å²) in [5.41, 5.74) is 1.26. The fourth-order valence-electron chi connectivity index (χ4n) is 1.42. The van der Waals surface area contributed by atoms with E-state index >= 15 is 0 Å². The van der Waals surface area contributed by atoms with Crippen molar-refractivity contribution in [3.63, 3.8) is 0 Å². The van der Waals surface area contributed by atoms with Gasteiger partial charge in [-0.15, -0.1) is 0 Å². The highest BCUT2D eigenvalue weighted by Crippen LogP contribution is 2.22. The Morgan fingerprint density at radius 2 is 1.94 bits per heavy atom. The van der Waals surface area contributed by atoms with Gasteiger partial charge in [0.05, 0.1) is 6.42 Å². The van der Waals surface area contributed by atoms with Gasteiger partial charge in [0.2, 0.25) is 0 Å². The van der Waals surface area contributed by atoms with Gasteiger partial charge >= 0.3 is 5.97 Å². The molecule has 0 amide bonds. The van der Waals surface area contributed by atoms with E-state index in [1.807, 2.05) is 46.8 Å². The average molecular weight is 226 g/mol. The van der Waals surface area contributed by atoms with Crippen LogP contribution in [0.25, 0.3) is 0 Å². The molecule has 0 saturated heterocycles. The number of aliphatic carboxylic acids is 1. The smallest absolute Gasteiger partial charge is 0.303 e. The molecule has 0 aromatic heterocycles. The Balaban J connectivity index is 0. The Hall–Kier alpha value is -1.05. The number of allylic oxidation sites excluding steroid dienone is 4. The summed E-state index contributed by atoms with van der Waals surface area (Å²) in [5, 5.41) is 8.57. The molecule has 0 aromatic rings. The predicted molar refractivity (Wildman–Crippen MR) is 70.6 cm³/mol. The molecule has 0 saturated carbocycles. The summed E-state index contributed by atoms with van der Waals surface area (Å²) in [7, 11) is 0. The molecule has 1 atom stereocenters. The van der Waals surface area contributed by atoms with E-state index in [9.17, 15) is 4.79 Å². The van der Waals surface area contributed by atoms with Crippen LogP contribution in [-0.2, 0) is 4.79 Å². The molecule has 16 heavy (non-hydrogen) atoms. The van der Waals surface area contributed by atoms with Gasteiger partial charge in [-0.3, -0.25) is 4.79 Å². The van der Waals surface area contributed by atoms with Crippen molar-refractivity contribution in [2.45, 2.75) is 53.9 Å². The van der Waals surface area contributed by atoms with Crippen LogP contribution in [0.1, 0.15) is 53.9 Å². The Morgan fingerprint density at radius 3 is 2.31 bits per heavy atom. The lowest BCUT2D eigenvalue weighted by atomic mass is 9.91. The SMILES string of the molecule is CC.CC.CC(CC(=O)O)C1=CC=CCC1. The molecular formula is C14H26O2. The monoisotopic (exact) mass is 226 g/mol. The van der Waals surface area contributed by atoms with Gasteiger partial charge in [-0.2, -0.15) is 0 Å². The highest BCUT2D eigenvalue weighted by molar-refractivity contribution is 5.67. The highest BCUT2D eigenvalue weighted by Gasteiger charge is 2.12. The van der Waals surface area contributed by atoms with E-state index < -0.39 is 5.97 Å². The number of carboxylic acid groups (broad SMARTS) is 1. The molecule has 94 valence electrons. The number of hydrogen-bond donors (Lipinski definition) is 1. The van der Waals surface area contributed by atoms with Gasteiger partial charge in [0, 0.05) is 0 Å². The van der Waals surface area contributed by atoms with Crippen molar-refractivity contribution < 1.29 is 9.90 Å². The van der Waals surface area contributed by atoms with Crippen LogP contribution in [0.3, 0.4) is 0 Å². The molecule has 0 aromatic carbocycles. The molecule has 1 aliphatic rings. The molecule has 0 fully saturated rings. The van der Waals surface area contributed by atoms with E-state index in [1.54, 1.807) is 0 Å².